The molecule has 0 radical (unpaired) electrons. The van der Waals surface area contributed by atoms with Gasteiger partial charge in [0.2, 0.25) is 0 Å². The standard InChI is InChI=1S/C21H21N3O2S/c1-4-12-8-14(17(26)9-16(12)25)20-19(21(27)24-23-20)13-6-5-7-15-18(13)10(2)11(3)22-15/h5-9,22,25-26H,4H2,1-3H3,(H2,23,24,27). The first kappa shape index (κ1) is 17.5. The number of hydrogen-bond acceptors (Lipinski definition) is 4. The van der Waals surface area contributed by atoms with E-state index in [9.17, 15) is 10.2 Å². The lowest BCUT2D eigenvalue weighted by Crippen LogP contribution is -1.89. The molecule has 0 atom stereocenters. The molecule has 0 fully saturated rings. The highest BCUT2D eigenvalue weighted by molar-refractivity contribution is 7.80. The van der Waals surface area contributed by atoms with Crippen molar-refractivity contribution in [3.8, 4) is 33.9 Å². The second-order valence-corrected chi connectivity index (χ2v) is 7.18. The Kier molecular flexibility index (Phi) is 4.15. The van der Waals surface area contributed by atoms with Crippen LogP contribution in [-0.4, -0.2) is 25.4 Å². The third-order valence-electron chi connectivity index (χ3n) is 5.19. The van der Waals surface area contributed by atoms with Gasteiger partial charge in [-0.05, 0) is 49.1 Å². The molecule has 6 heteroatoms. The predicted molar refractivity (Wildman–Crippen MR) is 111 cm³/mol. The van der Waals surface area contributed by atoms with Gasteiger partial charge < -0.3 is 15.2 Å². The van der Waals surface area contributed by atoms with Crippen LogP contribution in [0.25, 0.3) is 33.3 Å². The van der Waals surface area contributed by atoms with Crippen LogP contribution in [0.5, 0.6) is 11.5 Å². The number of thiol groups is 1. The van der Waals surface area contributed by atoms with Gasteiger partial charge in [0.1, 0.15) is 16.5 Å². The van der Waals surface area contributed by atoms with E-state index in [0.29, 0.717) is 22.7 Å². The van der Waals surface area contributed by atoms with Crippen LogP contribution in [0.4, 0.5) is 0 Å². The topological polar surface area (TPSA) is 84.9 Å². The molecule has 27 heavy (non-hydrogen) atoms. The maximum absolute atomic E-state index is 10.5. The van der Waals surface area contributed by atoms with Crippen molar-refractivity contribution < 1.29 is 10.2 Å². The van der Waals surface area contributed by atoms with Crippen molar-refractivity contribution in [2.75, 3.05) is 0 Å². The fourth-order valence-electron chi connectivity index (χ4n) is 3.64. The van der Waals surface area contributed by atoms with E-state index >= 15 is 0 Å². The summed E-state index contributed by atoms with van der Waals surface area (Å²) in [4.78, 5) is 3.41. The number of nitrogens with one attached hydrogen (secondary N) is 2. The molecule has 0 spiro atoms. The van der Waals surface area contributed by atoms with Crippen LogP contribution in [0.15, 0.2) is 35.4 Å². The van der Waals surface area contributed by atoms with Crippen molar-refractivity contribution in [1.82, 2.24) is 15.2 Å². The highest BCUT2D eigenvalue weighted by Crippen LogP contribution is 2.43. The van der Waals surface area contributed by atoms with Crippen molar-refractivity contribution in [1.29, 1.82) is 0 Å². The molecule has 0 aliphatic rings. The summed E-state index contributed by atoms with van der Waals surface area (Å²) in [5.41, 5.74) is 7.19. The summed E-state index contributed by atoms with van der Waals surface area (Å²) in [6.45, 7) is 6.10. The molecule has 4 aromatic rings. The van der Waals surface area contributed by atoms with Gasteiger partial charge in [0.25, 0.3) is 0 Å². The van der Waals surface area contributed by atoms with Gasteiger partial charge in [0.15, 0.2) is 0 Å². The van der Waals surface area contributed by atoms with Crippen molar-refractivity contribution >= 4 is 23.5 Å². The van der Waals surface area contributed by atoms with E-state index in [1.54, 1.807) is 6.07 Å². The van der Waals surface area contributed by atoms with Crippen LogP contribution in [0, 0.1) is 13.8 Å². The molecule has 0 unspecified atom stereocenters. The molecule has 4 rings (SSSR count). The van der Waals surface area contributed by atoms with Crippen molar-refractivity contribution in [2.24, 2.45) is 0 Å². The third-order valence-corrected chi connectivity index (χ3v) is 5.51. The Morgan fingerprint density at radius 3 is 2.59 bits per heavy atom. The number of H-pyrrole nitrogens is 2. The van der Waals surface area contributed by atoms with Gasteiger partial charge in [-0.2, -0.15) is 5.10 Å². The van der Waals surface area contributed by atoms with Crippen LogP contribution >= 0.6 is 12.6 Å². The van der Waals surface area contributed by atoms with Crippen LogP contribution < -0.4 is 0 Å². The summed E-state index contributed by atoms with van der Waals surface area (Å²) in [6.07, 6.45) is 0.655. The average Bonchev–Trinajstić information content (AvgIpc) is 3.15. The van der Waals surface area contributed by atoms with Crippen molar-refractivity contribution in [3.05, 3.63) is 47.2 Å². The number of rotatable bonds is 3. The smallest absolute Gasteiger partial charge is 0.128 e. The zero-order chi connectivity index (χ0) is 19.3. The molecule has 138 valence electrons. The van der Waals surface area contributed by atoms with Gasteiger partial charge in [-0.3, -0.25) is 5.10 Å². The van der Waals surface area contributed by atoms with E-state index in [0.717, 1.165) is 33.3 Å². The first-order valence-electron chi connectivity index (χ1n) is 8.83. The molecule has 4 N–H and O–H groups in total. The SMILES string of the molecule is CCc1cc(-c2[nH]nc(S)c2-c2cccc3[nH]c(C)c(C)c23)c(O)cc1O. The normalized spacial score (nSPS) is 11.4. The van der Waals surface area contributed by atoms with Gasteiger partial charge in [-0.15, -0.1) is 12.6 Å². The van der Waals surface area contributed by atoms with Gasteiger partial charge in [-0.1, -0.05) is 19.1 Å². The Hall–Kier alpha value is -2.86. The summed E-state index contributed by atoms with van der Waals surface area (Å²) >= 11 is 4.57. The number of phenols is 2. The van der Waals surface area contributed by atoms with E-state index in [-0.39, 0.29) is 11.5 Å². The molecular formula is C21H21N3O2S. The Bertz CT molecular complexity index is 1170. The molecule has 0 aliphatic heterocycles. The Balaban J connectivity index is 2.03. The van der Waals surface area contributed by atoms with Crippen molar-refractivity contribution in [2.45, 2.75) is 32.2 Å². The molecule has 0 aliphatic carbocycles. The van der Waals surface area contributed by atoms with Crippen LogP contribution in [0.3, 0.4) is 0 Å². The third kappa shape index (κ3) is 2.68. The van der Waals surface area contributed by atoms with E-state index in [1.807, 2.05) is 25.1 Å². The van der Waals surface area contributed by atoms with E-state index in [2.05, 4.69) is 41.7 Å². The second-order valence-electron chi connectivity index (χ2n) is 6.75. The quantitative estimate of drug-likeness (QED) is 0.321. The Labute approximate surface area is 162 Å². The summed E-state index contributed by atoms with van der Waals surface area (Å²) in [7, 11) is 0. The van der Waals surface area contributed by atoms with E-state index in [4.69, 9.17) is 0 Å². The number of nitrogens with zero attached hydrogens (tertiary/aromatic N) is 1. The molecule has 0 saturated heterocycles. The van der Waals surface area contributed by atoms with Gasteiger partial charge in [0.05, 0.1) is 5.69 Å². The van der Waals surface area contributed by atoms with Crippen molar-refractivity contribution in [3.63, 3.8) is 0 Å². The van der Waals surface area contributed by atoms with Crippen LogP contribution in [0.2, 0.25) is 0 Å². The lowest BCUT2D eigenvalue weighted by atomic mass is 9.95. The first-order chi connectivity index (χ1) is 12.9. The minimum Gasteiger partial charge on any atom is -0.508 e. The lowest BCUT2D eigenvalue weighted by Gasteiger charge is -2.11. The number of aromatic hydroxyl groups is 2. The number of aromatic nitrogens is 3. The Morgan fingerprint density at radius 1 is 1.07 bits per heavy atom. The fourth-order valence-corrected chi connectivity index (χ4v) is 3.92. The molecule has 0 saturated carbocycles. The average molecular weight is 379 g/mol. The van der Waals surface area contributed by atoms with Crippen LogP contribution in [0.1, 0.15) is 23.7 Å². The summed E-state index contributed by atoms with van der Waals surface area (Å²) in [5, 5.41) is 29.5. The summed E-state index contributed by atoms with van der Waals surface area (Å²) < 4.78 is 0. The van der Waals surface area contributed by atoms with Crippen LogP contribution in [-0.2, 0) is 6.42 Å². The monoisotopic (exact) mass is 379 g/mol. The number of hydrogen-bond donors (Lipinski definition) is 5. The number of aryl methyl sites for hydroxylation is 3. The summed E-state index contributed by atoms with van der Waals surface area (Å²) in [6, 6.07) is 9.25. The lowest BCUT2D eigenvalue weighted by molar-refractivity contribution is 0.447. The van der Waals surface area contributed by atoms with Gasteiger partial charge >= 0.3 is 0 Å². The highest BCUT2D eigenvalue weighted by atomic mass is 32.1. The number of fused-ring (bicyclic) bond motifs is 1. The number of benzene rings is 2. The highest BCUT2D eigenvalue weighted by Gasteiger charge is 2.21. The molecular weight excluding hydrogens is 358 g/mol. The Morgan fingerprint density at radius 2 is 1.85 bits per heavy atom. The minimum absolute atomic E-state index is 0.00270. The molecule has 0 bridgehead atoms. The maximum atomic E-state index is 10.5. The van der Waals surface area contributed by atoms with Gasteiger partial charge in [-0.25, -0.2) is 0 Å². The number of phenolic OH excluding ortho intramolecular Hbond substituents is 2. The second kappa shape index (κ2) is 6.39. The van der Waals surface area contributed by atoms with Gasteiger partial charge in [0, 0.05) is 33.8 Å². The zero-order valence-corrected chi connectivity index (χ0v) is 16.3. The molecule has 2 heterocycles. The van der Waals surface area contributed by atoms with E-state index in [1.165, 1.54) is 11.6 Å². The molecule has 5 nitrogen and oxygen atoms in total. The molecule has 2 aromatic carbocycles. The van der Waals surface area contributed by atoms with E-state index < -0.39 is 0 Å². The first-order valence-corrected chi connectivity index (χ1v) is 9.27. The maximum Gasteiger partial charge on any atom is 0.128 e. The molecule has 0 amide bonds. The largest absolute Gasteiger partial charge is 0.508 e. The molecule has 2 aromatic heterocycles. The summed E-state index contributed by atoms with van der Waals surface area (Å²) in [5.74, 6) is 0.0854. The fraction of sp³-hybridized carbons (Fsp3) is 0.190. The minimum atomic E-state index is -0.00270. The zero-order valence-electron chi connectivity index (χ0n) is 15.4. The predicted octanol–water partition coefficient (Wildman–Crippen LogP) is 5.10. The number of aromatic amines is 2.